The molecule has 1 N–H and O–H groups in total. The molecule has 1 aromatic heterocycles. The lowest BCUT2D eigenvalue weighted by molar-refractivity contribution is 0.306. The summed E-state index contributed by atoms with van der Waals surface area (Å²) in [6.45, 7) is 0.506. The molecule has 0 aliphatic heterocycles. The minimum absolute atomic E-state index is 0.506. The summed E-state index contributed by atoms with van der Waals surface area (Å²) in [4.78, 5) is 5.96. The number of nitrogens with zero attached hydrogens (tertiary/aromatic N) is 2. The molecule has 4 nitrogen and oxygen atoms in total. The van der Waals surface area contributed by atoms with Crippen molar-refractivity contribution >= 4 is 22.7 Å². The number of aromatic nitrogens is 1. The summed E-state index contributed by atoms with van der Waals surface area (Å²) in [6, 6.07) is 38.5. The monoisotopic (exact) mass is 461 g/mol. The van der Waals surface area contributed by atoms with Gasteiger partial charge in [0.2, 0.25) is 5.13 Å². The van der Waals surface area contributed by atoms with E-state index in [2.05, 4.69) is 46.9 Å². The first kappa shape index (κ1) is 21.6. The van der Waals surface area contributed by atoms with Gasteiger partial charge >= 0.3 is 0 Å². The summed E-state index contributed by atoms with van der Waals surface area (Å²) in [6.07, 6.45) is 1.77. The summed E-state index contributed by atoms with van der Waals surface area (Å²) in [7, 11) is 0. The van der Waals surface area contributed by atoms with Gasteiger partial charge in [0.15, 0.2) is 0 Å². The maximum absolute atomic E-state index is 6.03. The van der Waals surface area contributed by atoms with E-state index < -0.39 is 0 Å². The smallest absolute Gasteiger partial charge is 0.204 e. The Morgan fingerprint density at radius 2 is 1.35 bits per heavy atom. The number of thiazole rings is 1. The molecule has 0 aliphatic rings. The quantitative estimate of drug-likeness (QED) is 0.192. The Hall–Kier alpha value is -4.22. The predicted molar refractivity (Wildman–Crippen MR) is 141 cm³/mol. The number of hydrazone groups is 1. The van der Waals surface area contributed by atoms with Crippen molar-refractivity contribution in [2.75, 3.05) is 5.43 Å². The van der Waals surface area contributed by atoms with E-state index in [4.69, 9.17) is 9.72 Å². The third kappa shape index (κ3) is 5.22. The number of rotatable bonds is 8. The minimum atomic E-state index is 0.506. The van der Waals surface area contributed by atoms with E-state index in [-0.39, 0.29) is 0 Å². The van der Waals surface area contributed by atoms with Crippen LogP contribution >= 0.6 is 11.3 Å². The molecule has 0 saturated carbocycles. The zero-order valence-electron chi connectivity index (χ0n) is 18.5. The highest BCUT2D eigenvalue weighted by Crippen LogP contribution is 2.38. The van der Waals surface area contributed by atoms with Crippen LogP contribution in [0.25, 0.3) is 21.7 Å². The van der Waals surface area contributed by atoms with Crippen molar-refractivity contribution < 1.29 is 4.74 Å². The first-order chi connectivity index (χ1) is 16.9. The summed E-state index contributed by atoms with van der Waals surface area (Å²) in [5, 5.41) is 5.20. The lowest BCUT2D eigenvalue weighted by Gasteiger charge is -2.08. The molecule has 1 heterocycles. The standard InChI is InChI=1S/C29H23N3OS/c1-4-12-22(13-5-1)21-33-26-19-11-10-18-25(26)20-30-32-29-31-27(23-14-6-2-7-15-23)28(34-29)24-16-8-3-9-17-24/h1-20H,21H2,(H,31,32)/b30-20-. The molecule has 0 radical (unpaired) electrons. The van der Waals surface area contributed by atoms with Gasteiger partial charge in [0.1, 0.15) is 12.4 Å². The van der Waals surface area contributed by atoms with Crippen LogP contribution in [0.3, 0.4) is 0 Å². The van der Waals surface area contributed by atoms with Crippen LogP contribution in [-0.2, 0) is 6.61 Å². The minimum Gasteiger partial charge on any atom is -0.488 e. The average Bonchev–Trinajstić information content (AvgIpc) is 3.34. The molecule has 0 unspecified atom stereocenters. The molecule has 0 bridgehead atoms. The maximum Gasteiger partial charge on any atom is 0.204 e. The van der Waals surface area contributed by atoms with Crippen LogP contribution in [0.15, 0.2) is 120 Å². The van der Waals surface area contributed by atoms with Gasteiger partial charge in [0.25, 0.3) is 0 Å². The van der Waals surface area contributed by atoms with Crippen molar-refractivity contribution in [3.05, 3.63) is 126 Å². The molecule has 34 heavy (non-hydrogen) atoms. The van der Waals surface area contributed by atoms with E-state index in [1.54, 1.807) is 17.6 Å². The number of ether oxygens (including phenoxy) is 1. The molecule has 0 atom stereocenters. The molecular weight excluding hydrogens is 438 g/mol. The van der Waals surface area contributed by atoms with E-state index in [0.717, 1.165) is 43.7 Å². The molecule has 0 saturated heterocycles. The van der Waals surface area contributed by atoms with Crippen molar-refractivity contribution in [2.45, 2.75) is 6.61 Å². The highest BCUT2D eigenvalue weighted by molar-refractivity contribution is 7.19. The van der Waals surface area contributed by atoms with E-state index in [1.165, 1.54) is 0 Å². The number of para-hydroxylation sites is 1. The Morgan fingerprint density at radius 3 is 2.09 bits per heavy atom. The largest absolute Gasteiger partial charge is 0.488 e. The second kappa shape index (κ2) is 10.6. The zero-order valence-corrected chi connectivity index (χ0v) is 19.3. The van der Waals surface area contributed by atoms with Gasteiger partial charge < -0.3 is 4.74 Å². The average molecular weight is 462 g/mol. The molecule has 4 aromatic carbocycles. The summed E-state index contributed by atoms with van der Waals surface area (Å²) in [5.74, 6) is 0.783. The van der Waals surface area contributed by atoms with E-state index in [0.29, 0.717) is 6.61 Å². The summed E-state index contributed by atoms with van der Waals surface area (Å²) < 4.78 is 6.03. The fourth-order valence-corrected chi connectivity index (χ4v) is 4.50. The van der Waals surface area contributed by atoms with Crippen LogP contribution in [0.4, 0.5) is 5.13 Å². The van der Waals surface area contributed by atoms with Crippen molar-refractivity contribution in [2.24, 2.45) is 5.10 Å². The zero-order chi connectivity index (χ0) is 23.0. The summed E-state index contributed by atoms with van der Waals surface area (Å²) >= 11 is 1.59. The van der Waals surface area contributed by atoms with Gasteiger partial charge in [-0.15, -0.1) is 0 Å². The highest BCUT2D eigenvalue weighted by atomic mass is 32.1. The first-order valence-corrected chi connectivity index (χ1v) is 11.8. The first-order valence-electron chi connectivity index (χ1n) is 11.0. The Labute approximate surface area is 203 Å². The topological polar surface area (TPSA) is 46.5 Å². The number of anilines is 1. The van der Waals surface area contributed by atoms with Gasteiger partial charge in [-0.1, -0.05) is 114 Å². The van der Waals surface area contributed by atoms with Crippen LogP contribution in [0, 0.1) is 0 Å². The van der Waals surface area contributed by atoms with Crippen LogP contribution in [0.5, 0.6) is 5.75 Å². The van der Waals surface area contributed by atoms with E-state index in [1.807, 2.05) is 78.9 Å². The van der Waals surface area contributed by atoms with Crippen LogP contribution in [0.1, 0.15) is 11.1 Å². The SMILES string of the molecule is C(=N/Nc1nc(-c2ccccc2)c(-c2ccccc2)s1)/c1ccccc1OCc1ccccc1. The normalized spacial score (nSPS) is 10.9. The molecule has 0 amide bonds. The molecular formula is C29H23N3OS. The second-order valence-corrected chi connectivity index (χ2v) is 8.61. The van der Waals surface area contributed by atoms with Gasteiger partial charge in [0.05, 0.1) is 16.8 Å². The lowest BCUT2D eigenvalue weighted by atomic mass is 10.1. The Kier molecular flexibility index (Phi) is 6.74. The van der Waals surface area contributed by atoms with Crippen molar-refractivity contribution in [3.8, 4) is 27.4 Å². The van der Waals surface area contributed by atoms with E-state index in [9.17, 15) is 0 Å². The highest BCUT2D eigenvalue weighted by Gasteiger charge is 2.14. The number of hydrogen-bond acceptors (Lipinski definition) is 5. The van der Waals surface area contributed by atoms with E-state index >= 15 is 0 Å². The molecule has 5 rings (SSSR count). The van der Waals surface area contributed by atoms with Crippen LogP contribution in [0.2, 0.25) is 0 Å². The Balaban J connectivity index is 1.36. The third-order valence-corrected chi connectivity index (χ3v) is 6.24. The molecule has 5 heteroatoms. The van der Waals surface area contributed by atoms with Crippen LogP contribution < -0.4 is 10.2 Å². The third-order valence-electron chi connectivity index (χ3n) is 5.23. The predicted octanol–water partition coefficient (Wildman–Crippen LogP) is 7.50. The van der Waals surface area contributed by atoms with Crippen molar-refractivity contribution in [3.63, 3.8) is 0 Å². The summed E-state index contributed by atoms with van der Waals surface area (Å²) in [5.41, 5.74) is 8.29. The Morgan fingerprint density at radius 1 is 0.735 bits per heavy atom. The molecule has 5 aromatic rings. The van der Waals surface area contributed by atoms with Crippen LogP contribution in [-0.4, -0.2) is 11.2 Å². The molecule has 0 fully saturated rings. The second-order valence-electron chi connectivity index (χ2n) is 7.61. The lowest BCUT2D eigenvalue weighted by Crippen LogP contribution is -1.99. The molecule has 0 aliphatic carbocycles. The molecule has 166 valence electrons. The van der Waals surface area contributed by atoms with Gasteiger partial charge in [-0.25, -0.2) is 4.98 Å². The van der Waals surface area contributed by atoms with Gasteiger partial charge in [-0.2, -0.15) is 5.10 Å². The molecule has 0 spiro atoms. The van der Waals surface area contributed by atoms with Crippen molar-refractivity contribution in [1.29, 1.82) is 0 Å². The van der Waals surface area contributed by atoms with Gasteiger partial charge in [-0.3, -0.25) is 5.43 Å². The Bertz CT molecular complexity index is 1310. The fourth-order valence-electron chi connectivity index (χ4n) is 3.56. The fraction of sp³-hybridized carbons (Fsp3) is 0.0345. The van der Waals surface area contributed by atoms with Gasteiger partial charge in [-0.05, 0) is 23.3 Å². The maximum atomic E-state index is 6.03. The number of hydrogen-bond donors (Lipinski definition) is 1. The van der Waals surface area contributed by atoms with Gasteiger partial charge in [0, 0.05) is 11.1 Å². The number of benzene rings is 4. The number of nitrogens with one attached hydrogen (secondary N) is 1. The van der Waals surface area contributed by atoms with Crippen molar-refractivity contribution in [1.82, 2.24) is 4.98 Å².